The van der Waals surface area contributed by atoms with Crippen LogP contribution in [0.4, 0.5) is 0 Å². The lowest BCUT2D eigenvalue weighted by atomic mass is 10.2. The molecular formula is C16H16ClN3O2. The van der Waals surface area contributed by atoms with Gasteiger partial charge in [0.2, 0.25) is 5.91 Å². The maximum absolute atomic E-state index is 12.3. The molecule has 0 radical (unpaired) electrons. The van der Waals surface area contributed by atoms with Crippen molar-refractivity contribution in [1.29, 1.82) is 0 Å². The first kappa shape index (κ1) is 16.1. The molecule has 1 amide bonds. The van der Waals surface area contributed by atoms with Gasteiger partial charge in [-0.25, -0.2) is 4.98 Å². The Labute approximate surface area is 133 Å². The second kappa shape index (κ2) is 8.26. The SMILES string of the molecule is O=C(/C=C/c1ccnc(Cl)c1)N(CCO)Cc1cccnc1. The summed E-state index contributed by atoms with van der Waals surface area (Å²) in [5, 5.41) is 9.50. The highest BCUT2D eigenvalue weighted by Gasteiger charge is 2.10. The third-order valence-electron chi connectivity index (χ3n) is 2.95. The van der Waals surface area contributed by atoms with Gasteiger partial charge in [0.05, 0.1) is 6.61 Å². The fourth-order valence-corrected chi connectivity index (χ4v) is 2.08. The molecule has 0 saturated heterocycles. The van der Waals surface area contributed by atoms with Crippen LogP contribution in [0.2, 0.25) is 5.15 Å². The number of hydrogen-bond acceptors (Lipinski definition) is 4. The van der Waals surface area contributed by atoms with Crippen molar-refractivity contribution in [3.05, 3.63) is 65.2 Å². The Morgan fingerprint density at radius 2 is 2.23 bits per heavy atom. The molecule has 2 aromatic heterocycles. The predicted molar refractivity (Wildman–Crippen MR) is 85.0 cm³/mol. The number of pyridine rings is 2. The maximum atomic E-state index is 12.3. The molecule has 2 heterocycles. The van der Waals surface area contributed by atoms with Gasteiger partial charge in [-0.3, -0.25) is 9.78 Å². The molecule has 0 aliphatic heterocycles. The summed E-state index contributed by atoms with van der Waals surface area (Å²) in [6.07, 6.45) is 8.08. The average Bonchev–Trinajstić information content (AvgIpc) is 2.53. The zero-order chi connectivity index (χ0) is 15.8. The van der Waals surface area contributed by atoms with Crippen LogP contribution in [0.1, 0.15) is 11.1 Å². The van der Waals surface area contributed by atoms with E-state index in [1.165, 1.54) is 6.08 Å². The highest BCUT2D eigenvalue weighted by atomic mass is 35.5. The lowest BCUT2D eigenvalue weighted by Crippen LogP contribution is -2.31. The number of aliphatic hydroxyl groups is 1. The number of rotatable bonds is 6. The van der Waals surface area contributed by atoms with Crippen molar-refractivity contribution in [3.8, 4) is 0 Å². The Balaban J connectivity index is 2.06. The third-order valence-corrected chi connectivity index (χ3v) is 3.15. The van der Waals surface area contributed by atoms with E-state index in [2.05, 4.69) is 9.97 Å². The van der Waals surface area contributed by atoms with Crippen LogP contribution in [0, 0.1) is 0 Å². The quantitative estimate of drug-likeness (QED) is 0.655. The van der Waals surface area contributed by atoms with Crippen LogP contribution in [0.5, 0.6) is 0 Å². The minimum Gasteiger partial charge on any atom is -0.395 e. The number of halogens is 1. The van der Waals surface area contributed by atoms with E-state index in [9.17, 15) is 4.79 Å². The highest BCUT2D eigenvalue weighted by molar-refractivity contribution is 6.29. The molecule has 0 aromatic carbocycles. The Morgan fingerprint density at radius 3 is 2.91 bits per heavy atom. The van der Waals surface area contributed by atoms with Crippen molar-refractivity contribution in [2.45, 2.75) is 6.54 Å². The normalized spacial score (nSPS) is 10.8. The molecule has 0 fully saturated rings. The first-order valence-electron chi connectivity index (χ1n) is 6.77. The molecule has 0 aliphatic rings. The fraction of sp³-hybridized carbons (Fsp3) is 0.188. The van der Waals surface area contributed by atoms with Gasteiger partial charge in [0.25, 0.3) is 0 Å². The van der Waals surface area contributed by atoms with Crippen LogP contribution >= 0.6 is 11.6 Å². The summed E-state index contributed by atoms with van der Waals surface area (Å²) in [4.78, 5) is 21.7. The Hall–Kier alpha value is -2.24. The van der Waals surface area contributed by atoms with Gasteiger partial charge >= 0.3 is 0 Å². The molecule has 5 nitrogen and oxygen atoms in total. The Bertz CT molecular complexity index is 647. The van der Waals surface area contributed by atoms with Crippen LogP contribution in [0.15, 0.2) is 48.9 Å². The van der Waals surface area contributed by atoms with E-state index in [-0.39, 0.29) is 19.1 Å². The largest absolute Gasteiger partial charge is 0.395 e. The molecule has 114 valence electrons. The van der Waals surface area contributed by atoms with E-state index in [1.807, 2.05) is 12.1 Å². The smallest absolute Gasteiger partial charge is 0.246 e. The molecule has 0 bridgehead atoms. The van der Waals surface area contributed by atoms with Crippen LogP contribution in [-0.2, 0) is 11.3 Å². The van der Waals surface area contributed by atoms with Crippen LogP contribution in [0.25, 0.3) is 6.08 Å². The van der Waals surface area contributed by atoms with Gasteiger partial charge in [-0.15, -0.1) is 0 Å². The summed E-state index contributed by atoms with van der Waals surface area (Å²) < 4.78 is 0. The molecule has 0 atom stereocenters. The second-order valence-corrected chi connectivity index (χ2v) is 4.98. The number of hydrogen-bond donors (Lipinski definition) is 1. The standard InChI is InChI=1S/C16H16ClN3O2/c17-15-10-13(5-7-19-15)3-4-16(22)20(8-9-21)12-14-2-1-6-18-11-14/h1-7,10-11,21H,8-9,12H2/b4-3+. The van der Waals surface area contributed by atoms with E-state index in [1.54, 1.807) is 41.7 Å². The number of amides is 1. The van der Waals surface area contributed by atoms with Gasteiger partial charge in [0, 0.05) is 37.8 Å². The zero-order valence-corrected chi connectivity index (χ0v) is 12.6. The summed E-state index contributed by atoms with van der Waals surface area (Å²) in [6, 6.07) is 7.12. The van der Waals surface area contributed by atoms with Gasteiger partial charge in [0.1, 0.15) is 5.15 Å². The highest BCUT2D eigenvalue weighted by Crippen LogP contribution is 2.09. The van der Waals surface area contributed by atoms with Gasteiger partial charge in [0.15, 0.2) is 0 Å². The molecule has 22 heavy (non-hydrogen) atoms. The minimum absolute atomic E-state index is 0.0963. The van der Waals surface area contributed by atoms with Crippen LogP contribution in [0.3, 0.4) is 0 Å². The summed E-state index contributed by atoms with van der Waals surface area (Å²) in [6.45, 7) is 0.560. The topological polar surface area (TPSA) is 66.3 Å². The van der Waals surface area contributed by atoms with E-state index >= 15 is 0 Å². The second-order valence-electron chi connectivity index (χ2n) is 4.59. The van der Waals surface area contributed by atoms with Gasteiger partial charge in [-0.2, -0.15) is 0 Å². The van der Waals surface area contributed by atoms with E-state index in [0.29, 0.717) is 11.7 Å². The molecular weight excluding hydrogens is 302 g/mol. The van der Waals surface area contributed by atoms with Gasteiger partial charge < -0.3 is 10.0 Å². The lowest BCUT2D eigenvalue weighted by Gasteiger charge is -2.20. The first-order chi connectivity index (χ1) is 10.7. The number of carbonyl (C=O) groups excluding carboxylic acids is 1. The molecule has 6 heteroatoms. The monoisotopic (exact) mass is 317 g/mol. The fourth-order valence-electron chi connectivity index (χ4n) is 1.89. The summed E-state index contributed by atoms with van der Waals surface area (Å²) >= 11 is 5.80. The third kappa shape index (κ3) is 4.95. The molecule has 0 saturated carbocycles. The molecule has 0 spiro atoms. The zero-order valence-electron chi connectivity index (χ0n) is 11.9. The van der Waals surface area contributed by atoms with Gasteiger partial charge in [-0.1, -0.05) is 17.7 Å². The minimum atomic E-state index is -0.189. The lowest BCUT2D eigenvalue weighted by molar-refractivity contribution is -0.127. The van der Waals surface area contributed by atoms with Crippen molar-refractivity contribution < 1.29 is 9.90 Å². The van der Waals surface area contributed by atoms with Crippen LogP contribution < -0.4 is 0 Å². The first-order valence-corrected chi connectivity index (χ1v) is 7.15. The summed E-state index contributed by atoms with van der Waals surface area (Å²) in [7, 11) is 0. The van der Waals surface area contributed by atoms with Crippen molar-refractivity contribution >= 4 is 23.6 Å². The number of carbonyl (C=O) groups is 1. The number of nitrogens with zero attached hydrogens (tertiary/aromatic N) is 3. The number of aliphatic hydroxyl groups excluding tert-OH is 1. The van der Waals surface area contributed by atoms with E-state index in [4.69, 9.17) is 16.7 Å². The van der Waals surface area contributed by atoms with Crippen molar-refractivity contribution in [2.75, 3.05) is 13.2 Å². The van der Waals surface area contributed by atoms with Crippen molar-refractivity contribution in [1.82, 2.24) is 14.9 Å². The Kier molecular flexibility index (Phi) is 6.06. The summed E-state index contributed by atoms with van der Waals surface area (Å²) in [5.74, 6) is -0.189. The average molecular weight is 318 g/mol. The summed E-state index contributed by atoms with van der Waals surface area (Å²) in [5.41, 5.74) is 1.70. The van der Waals surface area contributed by atoms with E-state index in [0.717, 1.165) is 11.1 Å². The molecule has 2 aromatic rings. The predicted octanol–water partition coefficient (Wildman–Crippen LogP) is 2.16. The van der Waals surface area contributed by atoms with Gasteiger partial charge in [-0.05, 0) is 35.4 Å². The molecule has 0 aliphatic carbocycles. The molecule has 1 N–H and O–H groups in total. The van der Waals surface area contributed by atoms with Crippen molar-refractivity contribution in [3.63, 3.8) is 0 Å². The van der Waals surface area contributed by atoms with E-state index < -0.39 is 0 Å². The van der Waals surface area contributed by atoms with Crippen LogP contribution in [-0.4, -0.2) is 39.0 Å². The van der Waals surface area contributed by atoms with Crippen molar-refractivity contribution in [2.24, 2.45) is 0 Å². The Morgan fingerprint density at radius 1 is 1.36 bits per heavy atom. The molecule has 2 rings (SSSR count). The maximum Gasteiger partial charge on any atom is 0.246 e. The number of aromatic nitrogens is 2. The molecule has 0 unspecified atom stereocenters.